The molecule has 2 atom stereocenters. The molecule has 5 nitrogen and oxygen atoms in total. The molecule has 1 saturated heterocycles. The van der Waals surface area contributed by atoms with Crippen LogP contribution >= 0.6 is 0 Å². The van der Waals surface area contributed by atoms with Crippen LogP contribution in [0.25, 0.3) is 0 Å². The van der Waals surface area contributed by atoms with Crippen LogP contribution in [-0.2, 0) is 0 Å². The van der Waals surface area contributed by atoms with Gasteiger partial charge < -0.3 is 4.90 Å². The lowest BCUT2D eigenvalue weighted by Gasteiger charge is -2.37. The molecule has 1 aromatic rings. The van der Waals surface area contributed by atoms with Crippen LogP contribution in [0, 0.1) is 28.8 Å². The van der Waals surface area contributed by atoms with Gasteiger partial charge in [0, 0.05) is 24.7 Å². The number of likely N-dealkylation sites (tertiary alicyclic amines) is 1. The molecule has 114 valence electrons. The van der Waals surface area contributed by atoms with Gasteiger partial charge in [-0.05, 0) is 38.2 Å². The number of nitro groups is 1. The summed E-state index contributed by atoms with van der Waals surface area (Å²) in [6.07, 6.45) is 1.89. The summed E-state index contributed by atoms with van der Waals surface area (Å²) in [5.41, 5.74) is -0.345. The van der Waals surface area contributed by atoms with Gasteiger partial charge in [0.05, 0.1) is 10.5 Å². The molecule has 0 saturated carbocycles. The third-order valence-electron chi connectivity index (χ3n) is 4.06. The normalized spacial score (nSPS) is 22.2. The maximum Gasteiger partial charge on any atom is 0.270 e. The Morgan fingerprint density at radius 3 is 2.67 bits per heavy atom. The van der Waals surface area contributed by atoms with Gasteiger partial charge in [-0.15, -0.1) is 0 Å². The van der Waals surface area contributed by atoms with Crippen LogP contribution in [0.4, 0.5) is 10.1 Å². The summed E-state index contributed by atoms with van der Waals surface area (Å²) in [5, 5.41) is 10.9. The Kier molecular flexibility index (Phi) is 4.25. The third-order valence-corrected chi connectivity index (χ3v) is 4.06. The van der Waals surface area contributed by atoms with Gasteiger partial charge in [0.25, 0.3) is 11.6 Å². The van der Waals surface area contributed by atoms with E-state index in [0.29, 0.717) is 12.5 Å². The molecule has 1 amide bonds. The number of amides is 1. The van der Waals surface area contributed by atoms with Crippen LogP contribution in [0.1, 0.15) is 42.6 Å². The third kappa shape index (κ3) is 3.04. The first-order valence-electron chi connectivity index (χ1n) is 7.06. The minimum atomic E-state index is -0.670. The van der Waals surface area contributed by atoms with Crippen molar-refractivity contribution in [1.29, 1.82) is 0 Å². The Hall–Kier alpha value is -1.98. The van der Waals surface area contributed by atoms with Crippen molar-refractivity contribution in [3.05, 3.63) is 39.2 Å². The van der Waals surface area contributed by atoms with Crippen LogP contribution < -0.4 is 0 Å². The van der Waals surface area contributed by atoms with Crippen molar-refractivity contribution in [2.45, 2.75) is 39.7 Å². The number of benzene rings is 1. The van der Waals surface area contributed by atoms with Crippen molar-refractivity contribution in [3.63, 3.8) is 0 Å². The standard InChI is InChI=1S/C15H19FN2O3/c1-9-4-5-11(3)17(8-9)15(19)13-7-12(18(20)21)6-10(2)14(13)16/h6-7,9,11H,4-5,8H2,1-3H3. The number of carbonyl (C=O) groups excluding carboxylic acids is 1. The highest BCUT2D eigenvalue weighted by Crippen LogP contribution is 2.27. The number of rotatable bonds is 2. The second kappa shape index (κ2) is 5.79. The molecule has 0 aromatic heterocycles. The SMILES string of the molecule is Cc1cc([N+](=O)[O-])cc(C(=O)N2CC(C)CCC2C)c1F. The highest BCUT2D eigenvalue weighted by Gasteiger charge is 2.30. The summed E-state index contributed by atoms with van der Waals surface area (Å²) in [5.74, 6) is -0.776. The van der Waals surface area contributed by atoms with Gasteiger partial charge in [0.1, 0.15) is 5.82 Å². The summed E-state index contributed by atoms with van der Waals surface area (Å²) in [7, 11) is 0. The first-order chi connectivity index (χ1) is 9.81. The maximum absolute atomic E-state index is 14.2. The molecule has 0 N–H and O–H groups in total. The molecule has 2 rings (SSSR count). The predicted molar refractivity (Wildman–Crippen MR) is 76.7 cm³/mol. The Morgan fingerprint density at radius 1 is 1.38 bits per heavy atom. The fourth-order valence-corrected chi connectivity index (χ4v) is 2.74. The lowest BCUT2D eigenvalue weighted by atomic mass is 9.94. The summed E-state index contributed by atoms with van der Waals surface area (Å²) in [6, 6.07) is 2.21. The van der Waals surface area contributed by atoms with Crippen molar-refractivity contribution < 1.29 is 14.1 Å². The smallest absolute Gasteiger partial charge is 0.270 e. The van der Waals surface area contributed by atoms with E-state index in [9.17, 15) is 19.3 Å². The monoisotopic (exact) mass is 294 g/mol. The molecule has 2 unspecified atom stereocenters. The minimum Gasteiger partial charge on any atom is -0.336 e. The number of non-ortho nitro benzene ring substituents is 1. The molecule has 1 aliphatic heterocycles. The molecule has 0 bridgehead atoms. The second-order valence-electron chi connectivity index (χ2n) is 5.87. The number of piperidine rings is 1. The summed E-state index contributed by atoms with van der Waals surface area (Å²) in [4.78, 5) is 24.5. The summed E-state index contributed by atoms with van der Waals surface area (Å²) >= 11 is 0. The van der Waals surface area contributed by atoms with Crippen molar-refractivity contribution in [2.75, 3.05) is 6.54 Å². The fourth-order valence-electron chi connectivity index (χ4n) is 2.74. The Balaban J connectivity index is 2.40. The van der Waals surface area contributed by atoms with Gasteiger partial charge >= 0.3 is 0 Å². The van der Waals surface area contributed by atoms with E-state index in [1.807, 2.05) is 13.8 Å². The molecule has 1 fully saturated rings. The average Bonchev–Trinajstić information content (AvgIpc) is 2.43. The number of nitro benzene ring substituents is 1. The van der Waals surface area contributed by atoms with Gasteiger partial charge in [-0.1, -0.05) is 6.92 Å². The largest absolute Gasteiger partial charge is 0.336 e. The Bertz CT molecular complexity index is 589. The highest BCUT2D eigenvalue weighted by molar-refractivity contribution is 5.95. The van der Waals surface area contributed by atoms with E-state index in [0.717, 1.165) is 25.0 Å². The number of aryl methyl sites for hydroxylation is 1. The zero-order chi connectivity index (χ0) is 15.7. The van der Waals surface area contributed by atoms with Gasteiger partial charge in [-0.3, -0.25) is 14.9 Å². The van der Waals surface area contributed by atoms with Gasteiger partial charge in [-0.2, -0.15) is 0 Å². The van der Waals surface area contributed by atoms with Crippen LogP contribution in [0.15, 0.2) is 12.1 Å². The molecule has 0 aliphatic carbocycles. The zero-order valence-electron chi connectivity index (χ0n) is 12.4. The maximum atomic E-state index is 14.2. The van der Waals surface area contributed by atoms with E-state index < -0.39 is 16.6 Å². The molecule has 0 spiro atoms. The topological polar surface area (TPSA) is 63.5 Å². The number of hydrogen-bond donors (Lipinski definition) is 0. The van der Waals surface area contributed by atoms with Crippen molar-refractivity contribution >= 4 is 11.6 Å². The van der Waals surface area contributed by atoms with Crippen molar-refractivity contribution in [1.82, 2.24) is 4.90 Å². The summed E-state index contributed by atoms with van der Waals surface area (Å²) < 4.78 is 14.2. The lowest BCUT2D eigenvalue weighted by Crippen LogP contribution is -2.45. The van der Waals surface area contributed by atoms with Crippen molar-refractivity contribution in [3.8, 4) is 0 Å². The van der Waals surface area contributed by atoms with E-state index in [1.54, 1.807) is 4.90 Å². The molecule has 1 heterocycles. The molecule has 1 aliphatic rings. The number of hydrogen-bond acceptors (Lipinski definition) is 3. The molecule has 1 aromatic carbocycles. The first-order valence-corrected chi connectivity index (χ1v) is 7.06. The van der Waals surface area contributed by atoms with E-state index in [1.165, 1.54) is 6.92 Å². The quantitative estimate of drug-likeness (QED) is 0.621. The van der Waals surface area contributed by atoms with E-state index in [4.69, 9.17) is 0 Å². The van der Waals surface area contributed by atoms with Gasteiger partial charge in [0.15, 0.2) is 0 Å². The molecule has 0 radical (unpaired) electrons. The molecule has 21 heavy (non-hydrogen) atoms. The van der Waals surface area contributed by atoms with Crippen LogP contribution in [0.2, 0.25) is 0 Å². The van der Waals surface area contributed by atoms with E-state index >= 15 is 0 Å². The number of carbonyl (C=O) groups is 1. The number of halogens is 1. The van der Waals surface area contributed by atoms with Gasteiger partial charge in [-0.25, -0.2) is 4.39 Å². The van der Waals surface area contributed by atoms with Crippen LogP contribution in [0.3, 0.4) is 0 Å². The molecular formula is C15H19FN2O3. The van der Waals surface area contributed by atoms with Gasteiger partial charge in [0.2, 0.25) is 0 Å². The number of nitrogens with zero attached hydrogens (tertiary/aromatic N) is 2. The highest BCUT2D eigenvalue weighted by atomic mass is 19.1. The van der Waals surface area contributed by atoms with Crippen LogP contribution in [0.5, 0.6) is 0 Å². The lowest BCUT2D eigenvalue weighted by molar-refractivity contribution is -0.385. The zero-order valence-corrected chi connectivity index (χ0v) is 12.4. The minimum absolute atomic E-state index is 0.0210. The molecular weight excluding hydrogens is 275 g/mol. The Morgan fingerprint density at radius 2 is 2.05 bits per heavy atom. The van der Waals surface area contributed by atoms with Crippen LogP contribution in [-0.4, -0.2) is 28.3 Å². The van der Waals surface area contributed by atoms with Crippen molar-refractivity contribution in [2.24, 2.45) is 5.92 Å². The summed E-state index contributed by atoms with van der Waals surface area (Å²) in [6.45, 7) is 5.95. The first kappa shape index (κ1) is 15.4. The molecule has 6 heteroatoms. The fraction of sp³-hybridized carbons (Fsp3) is 0.533. The van der Waals surface area contributed by atoms with E-state index in [2.05, 4.69) is 0 Å². The second-order valence-corrected chi connectivity index (χ2v) is 5.87. The predicted octanol–water partition coefficient (Wildman–Crippen LogP) is 3.30. The van der Waals surface area contributed by atoms with E-state index in [-0.39, 0.29) is 22.9 Å². The Labute approximate surface area is 122 Å². The average molecular weight is 294 g/mol.